The predicted octanol–water partition coefficient (Wildman–Crippen LogP) is 13.0. The summed E-state index contributed by atoms with van der Waals surface area (Å²) in [4.78, 5) is 15.5. The quantitative estimate of drug-likeness (QED) is 0.171. The molecule has 0 saturated carbocycles. The van der Waals surface area contributed by atoms with Gasteiger partial charge in [-0.05, 0) is 74.5 Å². The van der Waals surface area contributed by atoms with Crippen LogP contribution >= 0.6 is 0 Å². The summed E-state index contributed by atoms with van der Waals surface area (Å²) in [5.41, 5.74) is 9.07. The van der Waals surface area contributed by atoms with Crippen LogP contribution in [0.4, 0.5) is 0 Å². The van der Waals surface area contributed by atoms with Gasteiger partial charge in [0.2, 0.25) is 0 Å². The third kappa shape index (κ3) is 5.81. The maximum absolute atomic E-state index is 5.36. The summed E-state index contributed by atoms with van der Waals surface area (Å²) in [7, 11) is 0. The Kier molecular flexibility index (Phi) is 7.74. The van der Waals surface area contributed by atoms with E-state index in [1.165, 1.54) is 10.8 Å². The van der Waals surface area contributed by atoms with Gasteiger partial charge in [0.05, 0.1) is 11.2 Å². The highest BCUT2D eigenvalue weighted by molar-refractivity contribution is 6.17. The summed E-state index contributed by atoms with van der Waals surface area (Å²) in [5.74, 6) is 1.87. The number of hydrogen-bond donors (Lipinski definition) is 0. The topological polar surface area (TPSA) is 56.5 Å². The second-order valence-electron chi connectivity index (χ2n) is 14.3. The lowest BCUT2D eigenvalue weighted by atomic mass is 9.93. The average molecular weight is 728 g/mol. The molecular formula is C52H33N5. The van der Waals surface area contributed by atoms with Crippen LogP contribution in [0.5, 0.6) is 0 Å². The van der Waals surface area contributed by atoms with Gasteiger partial charge in [-0.1, -0.05) is 164 Å². The number of rotatable bonds is 6. The molecule has 0 aliphatic rings. The van der Waals surface area contributed by atoms with Crippen LogP contribution in [-0.2, 0) is 0 Å². The van der Waals surface area contributed by atoms with Crippen LogP contribution in [-0.4, -0.2) is 24.7 Å². The fourth-order valence-electron chi connectivity index (χ4n) is 8.01. The molecule has 0 bridgehead atoms. The van der Waals surface area contributed by atoms with Gasteiger partial charge in [0.1, 0.15) is 5.69 Å². The van der Waals surface area contributed by atoms with Crippen LogP contribution in [0.15, 0.2) is 200 Å². The molecule has 266 valence electrons. The lowest BCUT2D eigenvalue weighted by Crippen LogP contribution is -2.00. The second-order valence-corrected chi connectivity index (χ2v) is 14.3. The van der Waals surface area contributed by atoms with Crippen LogP contribution in [0.1, 0.15) is 0 Å². The van der Waals surface area contributed by atoms with Gasteiger partial charge in [-0.3, -0.25) is 0 Å². The Hall–Kier alpha value is -7.76. The molecule has 57 heavy (non-hydrogen) atoms. The first-order valence-electron chi connectivity index (χ1n) is 19.1. The van der Waals surface area contributed by atoms with Crippen molar-refractivity contribution < 1.29 is 0 Å². The highest BCUT2D eigenvalue weighted by atomic mass is 15.3. The minimum absolute atomic E-state index is 0.612. The van der Waals surface area contributed by atoms with Crippen LogP contribution in [0.3, 0.4) is 0 Å². The summed E-state index contributed by atoms with van der Waals surface area (Å²) in [6.07, 6.45) is 0. The third-order valence-corrected chi connectivity index (χ3v) is 10.8. The number of nitrogens with zero attached hydrogens (tertiary/aromatic N) is 5. The van der Waals surface area contributed by atoms with Crippen molar-refractivity contribution in [3.05, 3.63) is 200 Å². The van der Waals surface area contributed by atoms with E-state index in [2.05, 4.69) is 193 Å². The number of aromatic nitrogens is 5. The normalized spacial score (nSPS) is 11.5. The van der Waals surface area contributed by atoms with Crippen molar-refractivity contribution in [3.63, 3.8) is 0 Å². The molecule has 0 aliphatic heterocycles. The summed E-state index contributed by atoms with van der Waals surface area (Å²) in [6.45, 7) is 0. The van der Waals surface area contributed by atoms with Gasteiger partial charge in [0.25, 0.3) is 0 Å². The SMILES string of the molecule is c1ccc(-c2cc3cc(-c4nc(-c5ccc6ccccc6c5)nc(-c5ccc6ccccc6c5)n4)ccc3c3c2c(-c2ccccc2)nn3-c2ccccc2)cc1. The van der Waals surface area contributed by atoms with Gasteiger partial charge in [-0.2, -0.15) is 5.10 Å². The summed E-state index contributed by atoms with van der Waals surface area (Å²) in [6, 6.07) is 69.9. The number of para-hydroxylation sites is 1. The summed E-state index contributed by atoms with van der Waals surface area (Å²) >= 11 is 0. The van der Waals surface area contributed by atoms with E-state index in [9.17, 15) is 0 Å². The molecule has 2 aromatic heterocycles. The highest BCUT2D eigenvalue weighted by Crippen LogP contribution is 2.42. The average Bonchev–Trinajstić information content (AvgIpc) is 3.70. The third-order valence-electron chi connectivity index (χ3n) is 10.8. The number of benzene rings is 9. The van der Waals surface area contributed by atoms with Crippen molar-refractivity contribution in [2.45, 2.75) is 0 Å². The van der Waals surface area contributed by atoms with Crippen molar-refractivity contribution in [2.75, 3.05) is 0 Å². The molecule has 0 spiro atoms. The monoisotopic (exact) mass is 727 g/mol. The zero-order valence-corrected chi connectivity index (χ0v) is 30.8. The minimum Gasteiger partial charge on any atom is -0.232 e. The molecule has 0 atom stereocenters. The standard InChI is InChI=1S/C52H33N5/c1-4-16-36(17-5-1)46-33-43-32-42(28-29-45(43)49-47(46)48(37-18-6-2-7-19-37)56-57(49)44-22-8-3-9-23-44)52-54-50(40-26-24-34-14-10-12-20-38(34)30-40)53-51(55-52)41-27-25-35-15-11-13-21-39(35)31-41/h1-33H. The van der Waals surface area contributed by atoms with E-state index >= 15 is 0 Å². The Morgan fingerprint density at radius 1 is 0.333 bits per heavy atom. The van der Waals surface area contributed by atoms with Gasteiger partial charge < -0.3 is 0 Å². The van der Waals surface area contributed by atoms with Crippen LogP contribution in [0.2, 0.25) is 0 Å². The predicted molar refractivity (Wildman–Crippen MR) is 234 cm³/mol. The Labute approximate surface area is 329 Å². The highest BCUT2D eigenvalue weighted by Gasteiger charge is 2.22. The largest absolute Gasteiger partial charge is 0.232 e. The molecule has 11 aromatic rings. The van der Waals surface area contributed by atoms with Gasteiger partial charge in [0, 0.05) is 33.0 Å². The smallest absolute Gasteiger partial charge is 0.164 e. The summed E-state index contributed by atoms with van der Waals surface area (Å²) in [5, 5.41) is 13.2. The molecule has 0 amide bonds. The molecule has 0 fully saturated rings. The zero-order valence-electron chi connectivity index (χ0n) is 30.8. The zero-order chi connectivity index (χ0) is 37.7. The van der Waals surface area contributed by atoms with Crippen molar-refractivity contribution in [1.29, 1.82) is 0 Å². The van der Waals surface area contributed by atoms with E-state index in [4.69, 9.17) is 20.1 Å². The first-order chi connectivity index (χ1) is 28.2. The molecule has 9 aromatic carbocycles. The molecule has 0 N–H and O–H groups in total. The van der Waals surface area contributed by atoms with Crippen molar-refractivity contribution >= 4 is 43.2 Å². The first-order valence-corrected chi connectivity index (χ1v) is 19.1. The molecule has 2 heterocycles. The van der Waals surface area contributed by atoms with E-state index in [1.807, 2.05) is 12.1 Å². The van der Waals surface area contributed by atoms with Crippen molar-refractivity contribution in [2.24, 2.45) is 0 Å². The molecule has 0 aliphatic carbocycles. The molecule has 11 rings (SSSR count). The fraction of sp³-hybridized carbons (Fsp3) is 0. The Balaban J connectivity index is 1.17. The van der Waals surface area contributed by atoms with Gasteiger partial charge in [-0.25, -0.2) is 19.6 Å². The summed E-state index contributed by atoms with van der Waals surface area (Å²) < 4.78 is 2.10. The Morgan fingerprint density at radius 3 is 1.35 bits per heavy atom. The van der Waals surface area contributed by atoms with Crippen LogP contribution in [0, 0.1) is 0 Å². The number of fused-ring (bicyclic) bond motifs is 5. The van der Waals surface area contributed by atoms with E-state index in [0.717, 1.165) is 77.2 Å². The molecular weight excluding hydrogens is 695 g/mol. The maximum atomic E-state index is 5.36. The molecule has 0 unspecified atom stereocenters. The molecule has 5 nitrogen and oxygen atoms in total. The van der Waals surface area contributed by atoms with Gasteiger partial charge >= 0.3 is 0 Å². The molecule has 5 heteroatoms. The van der Waals surface area contributed by atoms with Gasteiger partial charge in [-0.15, -0.1) is 0 Å². The maximum Gasteiger partial charge on any atom is 0.164 e. The number of hydrogen-bond acceptors (Lipinski definition) is 4. The van der Waals surface area contributed by atoms with E-state index in [1.54, 1.807) is 0 Å². The molecule has 0 saturated heterocycles. The Bertz CT molecular complexity index is 3180. The van der Waals surface area contributed by atoms with Crippen molar-refractivity contribution in [1.82, 2.24) is 24.7 Å². The van der Waals surface area contributed by atoms with E-state index in [0.29, 0.717) is 17.5 Å². The second kappa shape index (κ2) is 13.5. The Morgan fingerprint density at radius 2 is 0.789 bits per heavy atom. The van der Waals surface area contributed by atoms with Gasteiger partial charge in [0.15, 0.2) is 17.5 Å². The lowest BCUT2D eigenvalue weighted by molar-refractivity contribution is 0.918. The fourth-order valence-corrected chi connectivity index (χ4v) is 8.01. The van der Waals surface area contributed by atoms with E-state index < -0.39 is 0 Å². The van der Waals surface area contributed by atoms with Crippen LogP contribution < -0.4 is 0 Å². The first kappa shape index (κ1) is 32.7. The van der Waals surface area contributed by atoms with Crippen molar-refractivity contribution in [3.8, 4) is 62.2 Å². The van der Waals surface area contributed by atoms with Crippen LogP contribution in [0.25, 0.3) is 105 Å². The van der Waals surface area contributed by atoms with E-state index in [-0.39, 0.29) is 0 Å². The molecule has 0 radical (unpaired) electrons. The lowest BCUT2D eigenvalue weighted by Gasteiger charge is -2.13. The minimum atomic E-state index is 0.612.